The van der Waals surface area contributed by atoms with E-state index in [4.69, 9.17) is 44.3 Å². The largest absolute Gasteiger partial charge is 0.490 e. The Morgan fingerprint density at radius 1 is 1.05 bits per heavy atom. The molecule has 0 radical (unpaired) electrons. The molecule has 0 aliphatic carbocycles. The molecule has 1 aromatic heterocycles. The summed E-state index contributed by atoms with van der Waals surface area (Å²) in [6.45, 7) is 0.0167. The van der Waals surface area contributed by atoms with Gasteiger partial charge in [-0.05, 0) is 43.4 Å². The van der Waals surface area contributed by atoms with Crippen LogP contribution in [0.2, 0.25) is 15.1 Å². The van der Waals surface area contributed by atoms with E-state index in [-0.39, 0.29) is 40.4 Å². The number of aromatic amines is 1. The quantitative estimate of drug-likeness (QED) is 0.251. The summed E-state index contributed by atoms with van der Waals surface area (Å²) in [5.41, 5.74) is 0.240. The van der Waals surface area contributed by atoms with E-state index >= 15 is 0 Å². The van der Waals surface area contributed by atoms with Crippen LogP contribution in [0.1, 0.15) is 11.9 Å². The Morgan fingerprint density at radius 2 is 1.81 bits per heavy atom. The maximum absolute atomic E-state index is 14.7. The third-order valence-corrected chi connectivity index (χ3v) is 6.28. The van der Waals surface area contributed by atoms with Gasteiger partial charge in [-0.3, -0.25) is 9.69 Å². The van der Waals surface area contributed by atoms with Crippen molar-refractivity contribution in [2.45, 2.75) is 6.04 Å². The van der Waals surface area contributed by atoms with Crippen molar-refractivity contribution in [3.63, 3.8) is 0 Å². The van der Waals surface area contributed by atoms with Gasteiger partial charge in [-0.2, -0.15) is 5.21 Å². The number of rotatable bonds is 10. The molecule has 1 unspecified atom stereocenters. The molecule has 3 aromatic carbocycles. The highest BCUT2D eigenvalue weighted by Crippen LogP contribution is 2.36. The number of nitrogens with zero attached hydrogens (tertiary/aromatic N) is 4. The molecule has 0 saturated heterocycles. The van der Waals surface area contributed by atoms with Crippen molar-refractivity contribution in [1.82, 2.24) is 25.5 Å². The summed E-state index contributed by atoms with van der Waals surface area (Å²) in [6.07, 6.45) is 0. The molecule has 1 atom stereocenters. The average molecular weight is 566 g/mol. The summed E-state index contributed by atoms with van der Waals surface area (Å²) in [5.74, 6) is -0.159. The van der Waals surface area contributed by atoms with Gasteiger partial charge in [0.1, 0.15) is 29.2 Å². The first-order chi connectivity index (χ1) is 17.8. The van der Waals surface area contributed by atoms with Gasteiger partial charge in [-0.15, -0.1) is 10.2 Å². The summed E-state index contributed by atoms with van der Waals surface area (Å²) >= 11 is 18.2. The second-order valence-electron chi connectivity index (χ2n) is 7.79. The number of aromatic nitrogens is 4. The van der Waals surface area contributed by atoms with E-state index in [0.717, 1.165) is 6.07 Å². The Morgan fingerprint density at radius 3 is 2.54 bits per heavy atom. The first-order valence-electron chi connectivity index (χ1n) is 10.8. The number of likely N-dealkylation sites (N-methyl/N-ethyl adjacent to an activating group) is 1. The maximum atomic E-state index is 14.7. The van der Waals surface area contributed by atoms with E-state index in [1.54, 1.807) is 54.4 Å². The summed E-state index contributed by atoms with van der Waals surface area (Å²) in [5, 5.41) is 17.6. The SMILES string of the molecule is CN(CC(=O)Nc1ccc(Oc2cccc(Cl)c2Cl)c(F)c1)C(COc1ccccc1Cl)c1nn[nH]n1. The number of para-hydroxylation sites is 1. The zero-order valence-corrected chi connectivity index (χ0v) is 21.6. The Labute approximate surface area is 226 Å². The van der Waals surface area contributed by atoms with Crippen molar-refractivity contribution in [3.05, 3.63) is 87.4 Å². The van der Waals surface area contributed by atoms with Crippen molar-refractivity contribution >= 4 is 46.4 Å². The number of halogens is 4. The number of anilines is 1. The lowest BCUT2D eigenvalue weighted by atomic mass is 10.2. The minimum Gasteiger partial charge on any atom is -0.490 e. The van der Waals surface area contributed by atoms with Crippen LogP contribution in [0.4, 0.5) is 10.1 Å². The average Bonchev–Trinajstić information content (AvgIpc) is 3.39. The van der Waals surface area contributed by atoms with Crippen LogP contribution in [0.15, 0.2) is 60.7 Å². The molecule has 2 N–H and O–H groups in total. The highest BCUT2D eigenvalue weighted by molar-refractivity contribution is 6.42. The molecule has 0 aliphatic rings. The summed E-state index contributed by atoms with van der Waals surface area (Å²) in [7, 11) is 1.70. The van der Waals surface area contributed by atoms with E-state index in [1.807, 2.05) is 0 Å². The first kappa shape index (κ1) is 26.6. The molecule has 9 nitrogen and oxygen atoms in total. The summed E-state index contributed by atoms with van der Waals surface area (Å²) in [4.78, 5) is 14.4. The highest BCUT2D eigenvalue weighted by atomic mass is 35.5. The van der Waals surface area contributed by atoms with Crippen molar-refractivity contribution < 1.29 is 18.7 Å². The molecule has 192 valence electrons. The van der Waals surface area contributed by atoms with Gasteiger partial charge in [-0.1, -0.05) is 58.2 Å². The molecule has 4 rings (SSSR count). The number of benzene rings is 3. The van der Waals surface area contributed by atoms with Crippen LogP contribution in [-0.4, -0.2) is 51.6 Å². The van der Waals surface area contributed by atoms with Crippen molar-refractivity contribution in [3.8, 4) is 17.2 Å². The number of hydrogen-bond donors (Lipinski definition) is 2. The van der Waals surface area contributed by atoms with E-state index < -0.39 is 17.8 Å². The number of carbonyl (C=O) groups excluding carboxylic acids is 1. The molecular weight excluding hydrogens is 546 g/mol. The van der Waals surface area contributed by atoms with Crippen molar-refractivity contribution in [2.24, 2.45) is 0 Å². The molecular formula is C24H20Cl3FN6O3. The minimum atomic E-state index is -0.694. The van der Waals surface area contributed by atoms with E-state index in [1.165, 1.54) is 12.1 Å². The number of tetrazole rings is 1. The molecule has 0 spiro atoms. The lowest BCUT2D eigenvalue weighted by molar-refractivity contribution is -0.117. The maximum Gasteiger partial charge on any atom is 0.238 e. The van der Waals surface area contributed by atoms with Crippen LogP contribution in [0.3, 0.4) is 0 Å². The van der Waals surface area contributed by atoms with E-state index in [9.17, 15) is 9.18 Å². The normalized spacial score (nSPS) is 11.8. The fraction of sp³-hybridized carbons (Fsp3) is 0.167. The van der Waals surface area contributed by atoms with Gasteiger partial charge in [0.25, 0.3) is 0 Å². The monoisotopic (exact) mass is 564 g/mol. The number of hydrogen-bond acceptors (Lipinski definition) is 7. The molecule has 0 saturated carbocycles. The van der Waals surface area contributed by atoms with Crippen LogP contribution in [0, 0.1) is 5.82 Å². The van der Waals surface area contributed by atoms with Crippen LogP contribution >= 0.6 is 34.8 Å². The zero-order chi connectivity index (χ0) is 26.4. The molecule has 37 heavy (non-hydrogen) atoms. The molecule has 1 amide bonds. The predicted molar refractivity (Wildman–Crippen MR) is 138 cm³/mol. The fourth-order valence-electron chi connectivity index (χ4n) is 3.32. The zero-order valence-electron chi connectivity index (χ0n) is 19.3. The summed E-state index contributed by atoms with van der Waals surface area (Å²) in [6, 6.07) is 15.3. The summed E-state index contributed by atoms with van der Waals surface area (Å²) < 4.78 is 26.0. The Kier molecular flexibility index (Phi) is 8.78. The number of carbonyl (C=O) groups is 1. The molecule has 0 bridgehead atoms. The van der Waals surface area contributed by atoms with Crippen LogP contribution in [0.25, 0.3) is 0 Å². The van der Waals surface area contributed by atoms with Gasteiger partial charge in [-0.25, -0.2) is 4.39 Å². The molecule has 4 aromatic rings. The van der Waals surface area contributed by atoms with Gasteiger partial charge in [0.15, 0.2) is 17.4 Å². The van der Waals surface area contributed by atoms with Crippen molar-refractivity contribution in [1.29, 1.82) is 0 Å². The standard InChI is InChI=1S/C24H20Cl3FN6O3/c1-34(18(24-30-32-33-31-24)13-36-19-7-3-2-5-15(19)25)12-22(35)29-14-9-10-20(17(28)11-14)37-21-8-4-6-16(26)23(21)27/h2-11,18H,12-13H2,1H3,(H,29,35)(H,30,31,32,33). The van der Waals surface area contributed by atoms with E-state index in [0.29, 0.717) is 16.6 Å². The van der Waals surface area contributed by atoms with Crippen LogP contribution in [0.5, 0.6) is 17.2 Å². The van der Waals surface area contributed by atoms with Gasteiger partial charge < -0.3 is 14.8 Å². The molecule has 1 heterocycles. The molecule has 0 aliphatic heterocycles. The first-order valence-corrected chi connectivity index (χ1v) is 12.0. The number of nitrogens with one attached hydrogen (secondary N) is 2. The lowest BCUT2D eigenvalue weighted by Crippen LogP contribution is -2.36. The molecule has 0 fully saturated rings. The third kappa shape index (κ3) is 6.86. The van der Waals surface area contributed by atoms with Crippen LogP contribution < -0.4 is 14.8 Å². The number of amides is 1. The minimum absolute atomic E-state index is 0.0758. The Hall–Kier alpha value is -3.44. The highest BCUT2D eigenvalue weighted by Gasteiger charge is 2.25. The van der Waals surface area contributed by atoms with Gasteiger partial charge in [0.05, 0.1) is 16.6 Å². The van der Waals surface area contributed by atoms with Crippen LogP contribution in [-0.2, 0) is 4.79 Å². The fourth-order valence-corrected chi connectivity index (χ4v) is 3.84. The Balaban J connectivity index is 1.39. The van der Waals surface area contributed by atoms with Crippen molar-refractivity contribution in [2.75, 3.05) is 25.5 Å². The Bertz CT molecular complexity index is 1380. The topological polar surface area (TPSA) is 105 Å². The third-order valence-electron chi connectivity index (χ3n) is 5.17. The van der Waals surface area contributed by atoms with Gasteiger partial charge >= 0.3 is 0 Å². The second-order valence-corrected chi connectivity index (χ2v) is 8.98. The smallest absolute Gasteiger partial charge is 0.238 e. The van der Waals surface area contributed by atoms with Gasteiger partial charge in [0, 0.05) is 11.8 Å². The predicted octanol–water partition coefficient (Wildman–Crippen LogP) is 5.78. The number of H-pyrrole nitrogens is 1. The number of ether oxygens (including phenoxy) is 2. The second kappa shape index (κ2) is 12.2. The molecule has 13 heteroatoms. The lowest BCUT2D eigenvalue weighted by Gasteiger charge is -2.25. The van der Waals surface area contributed by atoms with E-state index in [2.05, 4.69) is 25.9 Å². The van der Waals surface area contributed by atoms with Gasteiger partial charge in [0.2, 0.25) is 5.91 Å².